The smallest absolute Gasteiger partial charge is 0.167 e. The zero-order valence-corrected chi connectivity index (χ0v) is 22.0. The molecular formula is C29H27FN4O4S. The molecule has 5 rings (SSSR count). The Morgan fingerprint density at radius 1 is 1.00 bits per heavy atom. The highest BCUT2D eigenvalue weighted by atomic mass is 32.2. The molecule has 0 amide bonds. The van der Waals surface area contributed by atoms with E-state index in [1.165, 1.54) is 18.6 Å². The van der Waals surface area contributed by atoms with E-state index in [0.29, 0.717) is 30.4 Å². The normalized spacial score (nSPS) is 11.5. The molecule has 2 N–H and O–H groups in total. The molecule has 8 nitrogen and oxygen atoms in total. The lowest BCUT2D eigenvalue weighted by Crippen LogP contribution is -2.21. The number of furan rings is 1. The zero-order chi connectivity index (χ0) is 27.2. The van der Waals surface area contributed by atoms with E-state index in [4.69, 9.17) is 9.15 Å². The summed E-state index contributed by atoms with van der Waals surface area (Å²) in [6, 6.07) is 21.9. The van der Waals surface area contributed by atoms with Gasteiger partial charge in [-0.3, -0.25) is 0 Å². The zero-order valence-electron chi connectivity index (χ0n) is 21.2. The van der Waals surface area contributed by atoms with Crippen molar-refractivity contribution in [2.75, 3.05) is 23.9 Å². The van der Waals surface area contributed by atoms with Gasteiger partial charge in [0.1, 0.15) is 34.3 Å². The highest BCUT2D eigenvalue weighted by molar-refractivity contribution is 7.90. The Kier molecular flexibility index (Phi) is 7.85. The lowest BCUT2D eigenvalue weighted by Gasteiger charge is -2.12. The second-order valence-electron chi connectivity index (χ2n) is 9.06. The number of nitrogens with zero attached hydrogens (tertiary/aromatic N) is 2. The molecule has 0 aliphatic heterocycles. The van der Waals surface area contributed by atoms with Gasteiger partial charge in [0.05, 0.1) is 24.1 Å². The number of halogens is 1. The second-order valence-corrected chi connectivity index (χ2v) is 11.3. The minimum atomic E-state index is -3.05. The van der Waals surface area contributed by atoms with Crippen molar-refractivity contribution in [2.24, 2.45) is 0 Å². The van der Waals surface area contributed by atoms with E-state index >= 15 is 0 Å². The Morgan fingerprint density at radius 3 is 2.64 bits per heavy atom. The fourth-order valence-corrected chi connectivity index (χ4v) is 4.60. The van der Waals surface area contributed by atoms with Crippen molar-refractivity contribution >= 4 is 32.2 Å². The van der Waals surface area contributed by atoms with Gasteiger partial charge in [0.25, 0.3) is 0 Å². The van der Waals surface area contributed by atoms with Crippen LogP contribution < -0.4 is 15.4 Å². The van der Waals surface area contributed by atoms with Gasteiger partial charge in [-0.05, 0) is 41.5 Å². The molecule has 0 spiro atoms. The van der Waals surface area contributed by atoms with Crippen molar-refractivity contribution in [3.8, 4) is 16.9 Å². The molecule has 0 aliphatic carbocycles. The second kappa shape index (κ2) is 11.6. The number of hydrogen-bond acceptors (Lipinski definition) is 8. The summed E-state index contributed by atoms with van der Waals surface area (Å²) in [5, 5.41) is 7.05. The number of benzene rings is 3. The molecule has 0 atom stereocenters. The molecule has 5 aromatic rings. The Hall–Kier alpha value is -4.28. The predicted octanol–water partition coefficient (Wildman–Crippen LogP) is 5.49. The van der Waals surface area contributed by atoms with Gasteiger partial charge in [0.15, 0.2) is 11.6 Å². The van der Waals surface area contributed by atoms with E-state index in [-0.39, 0.29) is 18.1 Å². The fourth-order valence-electron chi connectivity index (χ4n) is 4.09. The van der Waals surface area contributed by atoms with Crippen LogP contribution in [0.1, 0.15) is 11.3 Å². The molecule has 2 heterocycles. The number of anilines is 2. The highest BCUT2D eigenvalue weighted by Crippen LogP contribution is 2.32. The van der Waals surface area contributed by atoms with Crippen molar-refractivity contribution in [1.82, 2.24) is 15.3 Å². The molecule has 0 saturated carbocycles. The molecular weight excluding hydrogens is 519 g/mol. The van der Waals surface area contributed by atoms with Gasteiger partial charge in [0.2, 0.25) is 0 Å². The summed E-state index contributed by atoms with van der Waals surface area (Å²) >= 11 is 0. The number of sulfone groups is 1. The topological polar surface area (TPSA) is 106 Å². The molecule has 39 heavy (non-hydrogen) atoms. The van der Waals surface area contributed by atoms with E-state index < -0.39 is 15.7 Å². The molecule has 0 aliphatic rings. The predicted molar refractivity (Wildman–Crippen MR) is 149 cm³/mol. The average Bonchev–Trinajstić information content (AvgIpc) is 3.39. The van der Waals surface area contributed by atoms with Gasteiger partial charge in [-0.2, -0.15) is 0 Å². The Balaban J connectivity index is 1.33. The summed E-state index contributed by atoms with van der Waals surface area (Å²) in [4.78, 5) is 8.75. The van der Waals surface area contributed by atoms with Crippen LogP contribution in [-0.2, 0) is 23.0 Å². The van der Waals surface area contributed by atoms with Crippen molar-refractivity contribution < 1.29 is 22.0 Å². The number of nitrogens with one attached hydrogen (secondary N) is 2. The van der Waals surface area contributed by atoms with Crippen LogP contribution >= 0.6 is 0 Å². The maximum absolute atomic E-state index is 14.8. The Labute approximate surface area is 225 Å². The standard InChI is InChI=1S/C29H27FN4O4S/c1-39(35,36)14-12-31-17-28-23(11-13-37-28)21-7-9-26-24(15-21)29(33-19-32-26)34-22-8-10-27(25(30)16-22)38-18-20-5-3-2-4-6-20/h2-11,13,15-16,19,31H,12,14,17-18H2,1H3,(H,32,33,34). The molecule has 10 heteroatoms. The third kappa shape index (κ3) is 6.78. The van der Waals surface area contributed by atoms with Gasteiger partial charge in [-0.15, -0.1) is 0 Å². The number of ether oxygens (including phenoxy) is 1. The fraction of sp³-hybridized carbons (Fsp3) is 0.172. The summed E-state index contributed by atoms with van der Waals surface area (Å²) in [5.74, 6) is 0.933. The van der Waals surface area contributed by atoms with Crippen molar-refractivity contribution in [3.05, 3.63) is 103 Å². The highest BCUT2D eigenvalue weighted by Gasteiger charge is 2.13. The SMILES string of the molecule is CS(=O)(=O)CCNCc1occc1-c1ccc2ncnc(Nc3ccc(OCc4ccccc4)c(F)c3)c2c1. The maximum atomic E-state index is 14.8. The summed E-state index contributed by atoms with van der Waals surface area (Å²) in [6.45, 7) is 0.975. The van der Waals surface area contributed by atoms with Crippen LogP contribution in [0.15, 0.2) is 89.8 Å². The van der Waals surface area contributed by atoms with E-state index in [1.54, 1.807) is 18.4 Å². The molecule has 0 unspecified atom stereocenters. The molecule has 2 aromatic heterocycles. The minimum absolute atomic E-state index is 0.0477. The monoisotopic (exact) mass is 546 g/mol. The van der Waals surface area contributed by atoms with Gasteiger partial charge < -0.3 is 19.8 Å². The first kappa shape index (κ1) is 26.3. The first-order valence-electron chi connectivity index (χ1n) is 12.3. The number of aromatic nitrogens is 2. The maximum Gasteiger partial charge on any atom is 0.167 e. The Bertz CT molecular complexity index is 1690. The number of hydrogen-bond donors (Lipinski definition) is 2. The van der Waals surface area contributed by atoms with E-state index in [1.807, 2.05) is 54.6 Å². The lowest BCUT2D eigenvalue weighted by molar-refractivity contribution is 0.290. The molecule has 0 fully saturated rings. The van der Waals surface area contributed by atoms with Crippen LogP contribution in [0.5, 0.6) is 5.75 Å². The summed E-state index contributed by atoms with van der Waals surface area (Å²) < 4.78 is 48.9. The minimum Gasteiger partial charge on any atom is -0.486 e. The van der Waals surface area contributed by atoms with Gasteiger partial charge in [-0.25, -0.2) is 22.8 Å². The van der Waals surface area contributed by atoms with Crippen LogP contribution in [0, 0.1) is 5.82 Å². The third-order valence-corrected chi connectivity index (χ3v) is 7.00. The van der Waals surface area contributed by atoms with E-state index in [9.17, 15) is 12.8 Å². The quantitative estimate of drug-likeness (QED) is 0.210. The van der Waals surface area contributed by atoms with E-state index in [2.05, 4.69) is 20.6 Å². The van der Waals surface area contributed by atoms with E-state index in [0.717, 1.165) is 27.6 Å². The summed E-state index contributed by atoms with van der Waals surface area (Å²) in [7, 11) is -3.05. The van der Waals surface area contributed by atoms with Crippen LogP contribution in [0.2, 0.25) is 0 Å². The van der Waals surface area contributed by atoms with Gasteiger partial charge in [0, 0.05) is 35.5 Å². The van der Waals surface area contributed by atoms with Gasteiger partial charge >= 0.3 is 0 Å². The first-order valence-corrected chi connectivity index (χ1v) is 14.3. The van der Waals surface area contributed by atoms with Crippen LogP contribution in [0.4, 0.5) is 15.9 Å². The molecule has 3 aromatic carbocycles. The third-order valence-electron chi connectivity index (χ3n) is 6.06. The van der Waals surface area contributed by atoms with Crippen LogP contribution in [-0.4, -0.2) is 36.9 Å². The van der Waals surface area contributed by atoms with Crippen molar-refractivity contribution in [3.63, 3.8) is 0 Å². The number of fused-ring (bicyclic) bond motifs is 1. The summed E-state index contributed by atoms with van der Waals surface area (Å²) in [6.07, 6.45) is 4.25. The van der Waals surface area contributed by atoms with Crippen molar-refractivity contribution in [1.29, 1.82) is 0 Å². The van der Waals surface area contributed by atoms with Crippen LogP contribution in [0.3, 0.4) is 0 Å². The van der Waals surface area contributed by atoms with Gasteiger partial charge in [-0.1, -0.05) is 36.4 Å². The molecule has 0 radical (unpaired) electrons. The largest absolute Gasteiger partial charge is 0.486 e. The van der Waals surface area contributed by atoms with Crippen LogP contribution in [0.25, 0.3) is 22.0 Å². The Morgan fingerprint density at radius 2 is 1.85 bits per heavy atom. The molecule has 0 saturated heterocycles. The number of rotatable bonds is 11. The first-order chi connectivity index (χ1) is 18.9. The molecule has 200 valence electrons. The lowest BCUT2D eigenvalue weighted by atomic mass is 10.0. The average molecular weight is 547 g/mol. The summed E-state index contributed by atoms with van der Waals surface area (Å²) in [5.41, 5.74) is 3.93. The van der Waals surface area contributed by atoms with Crippen molar-refractivity contribution in [2.45, 2.75) is 13.2 Å². The molecule has 0 bridgehead atoms.